The van der Waals surface area contributed by atoms with Gasteiger partial charge in [0.05, 0.1) is 0 Å². The van der Waals surface area contributed by atoms with Gasteiger partial charge < -0.3 is 0 Å². The van der Waals surface area contributed by atoms with Crippen molar-refractivity contribution >= 4 is 30.4 Å². The maximum Gasteiger partial charge on any atom is 0.252 e. The molecule has 0 aliphatic rings. The van der Waals surface area contributed by atoms with Crippen LogP contribution in [0, 0.1) is 0 Å². The highest BCUT2D eigenvalue weighted by Crippen LogP contribution is 2.64. The van der Waals surface area contributed by atoms with Crippen LogP contribution < -0.4 is 0 Å². The molecule has 1 nitrogen and oxygen atoms in total. The van der Waals surface area contributed by atoms with Crippen LogP contribution in [0.5, 0.6) is 0 Å². The van der Waals surface area contributed by atoms with E-state index >= 15 is 0 Å². The lowest BCUT2D eigenvalue weighted by atomic mass is 10.2. The molecule has 0 aliphatic heterocycles. The van der Waals surface area contributed by atoms with Crippen LogP contribution in [-0.2, 0) is 0 Å². The molecule has 0 heterocycles. The van der Waals surface area contributed by atoms with Gasteiger partial charge in [0, 0.05) is 24.5 Å². The van der Waals surface area contributed by atoms with E-state index in [0.29, 0.717) is 0 Å². The second-order valence-corrected chi connectivity index (χ2v) is 9.58. The topological polar surface area (TPSA) is 20.2 Å². The summed E-state index contributed by atoms with van der Waals surface area (Å²) in [4.78, 5) is 9.21. The van der Waals surface area contributed by atoms with Crippen LogP contribution in [-0.4, -0.2) is 11.1 Å². The Morgan fingerprint density at radius 3 is 2.09 bits per heavy atom. The van der Waals surface area contributed by atoms with Crippen molar-refractivity contribution in [3.8, 4) is 0 Å². The molecule has 0 saturated heterocycles. The van der Waals surface area contributed by atoms with Gasteiger partial charge in [-0.05, 0) is 12.8 Å². The van der Waals surface area contributed by atoms with Gasteiger partial charge in [0.25, 0.3) is 5.89 Å². The first-order valence-corrected chi connectivity index (χ1v) is 8.36. The second kappa shape index (κ2) is 6.59. The Hall–Kier alpha value is 1.09. The van der Waals surface area contributed by atoms with Crippen molar-refractivity contribution < 1.29 is 4.89 Å². The van der Waals surface area contributed by atoms with Gasteiger partial charge in [-0.25, -0.2) is 4.89 Å². The predicted molar refractivity (Wildman–Crippen MR) is 60.7 cm³/mol. The molecule has 0 aliphatic carbocycles. The quantitative estimate of drug-likeness (QED) is 0.350. The number of unbranched alkanes of at least 4 members (excludes halogenated alkanes) is 4. The second-order valence-electron chi connectivity index (χ2n) is 2.83. The lowest BCUT2D eigenvalue weighted by Gasteiger charge is -2.04. The number of rotatable bonds is 6. The van der Waals surface area contributed by atoms with Gasteiger partial charge in [0.2, 0.25) is 0 Å². The van der Waals surface area contributed by atoms with Gasteiger partial charge in [-0.2, -0.15) is 0 Å². The summed E-state index contributed by atoms with van der Waals surface area (Å²) in [5.74, 6) is -2.08. The van der Waals surface area contributed by atoms with Crippen LogP contribution in [0.2, 0.25) is 0 Å². The third-order valence-electron chi connectivity index (χ3n) is 1.56. The zero-order valence-electron chi connectivity index (χ0n) is 7.03. The summed E-state index contributed by atoms with van der Waals surface area (Å²) in [5.41, 5.74) is 0. The van der Waals surface area contributed by atoms with Crippen LogP contribution in [0.25, 0.3) is 0 Å². The highest BCUT2D eigenvalue weighted by molar-refractivity contribution is 8.83. The normalized spacial score (nSPS) is 12.0. The van der Waals surface area contributed by atoms with Crippen molar-refractivity contribution in [2.75, 3.05) is 6.16 Å². The molecule has 1 N–H and O–H groups in total. The maximum absolute atomic E-state index is 9.21. The summed E-state index contributed by atoms with van der Waals surface area (Å²) in [5, 5.41) is 0. The first-order valence-electron chi connectivity index (χ1n) is 4.12. The highest BCUT2D eigenvalue weighted by atomic mass is 33.1. The van der Waals surface area contributed by atoms with Crippen molar-refractivity contribution in [1.82, 2.24) is 0 Å². The molecule has 0 unspecified atom stereocenters. The molecule has 4 heteroatoms. The van der Waals surface area contributed by atoms with Gasteiger partial charge in [0.1, 0.15) is 6.16 Å². The Bertz CT molecular complexity index is 92.9. The van der Waals surface area contributed by atoms with Crippen molar-refractivity contribution in [3.05, 3.63) is 0 Å². The van der Waals surface area contributed by atoms with E-state index in [4.69, 9.17) is 0 Å². The van der Waals surface area contributed by atoms with E-state index in [-0.39, 0.29) is 0 Å². The molecule has 0 aromatic rings. The van der Waals surface area contributed by atoms with Crippen LogP contribution in [0.15, 0.2) is 0 Å². The Kier molecular flexibility index (Phi) is 7.24. The first kappa shape index (κ1) is 12.1. The molecule has 0 bridgehead atoms. The largest absolute Gasteiger partial charge is 0.252 e. The summed E-state index contributed by atoms with van der Waals surface area (Å²) in [6, 6.07) is 0. The van der Waals surface area contributed by atoms with Crippen molar-refractivity contribution in [3.63, 3.8) is 0 Å². The average Bonchev–Trinajstić information content (AvgIpc) is 1.85. The minimum Gasteiger partial charge on any atom is -0.228 e. The smallest absolute Gasteiger partial charge is 0.228 e. The van der Waals surface area contributed by atoms with E-state index in [0.717, 1.165) is 12.6 Å². The summed E-state index contributed by atoms with van der Waals surface area (Å²) in [6.45, 7) is 2.20. The van der Waals surface area contributed by atoms with Crippen LogP contribution >= 0.6 is 30.4 Å². The van der Waals surface area contributed by atoms with E-state index in [1.54, 1.807) is 0 Å². The summed E-state index contributed by atoms with van der Waals surface area (Å²) < 4.78 is 0. The number of hydrogen-bond acceptors (Lipinski definition) is 3. The van der Waals surface area contributed by atoms with Crippen molar-refractivity contribution in [2.45, 2.75) is 39.0 Å². The van der Waals surface area contributed by atoms with Crippen LogP contribution in [0.4, 0.5) is 0 Å². The minimum atomic E-state index is -2.08. The van der Waals surface area contributed by atoms with E-state index < -0.39 is 5.89 Å². The van der Waals surface area contributed by atoms with Crippen LogP contribution in [0.3, 0.4) is 0 Å². The van der Waals surface area contributed by atoms with Crippen LogP contribution in [0.1, 0.15) is 39.0 Å². The maximum atomic E-state index is 9.21. The summed E-state index contributed by atoms with van der Waals surface area (Å²) >= 11 is 8.02. The molecule has 0 rings (SSSR count). The van der Waals surface area contributed by atoms with E-state index in [2.05, 4.69) is 31.4 Å². The fraction of sp³-hybridized carbons (Fsp3) is 1.00. The fourth-order valence-electron chi connectivity index (χ4n) is 0.927. The molecule has 68 valence electrons. The molecule has 0 fully saturated rings. The summed E-state index contributed by atoms with van der Waals surface area (Å²) in [7, 11) is 0. The Morgan fingerprint density at radius 2 is 1.64 bits per heavy atom. The third-order valence-corrected chi connectivity index (χ3v) is 3.68. The minimum absolute atomic E-state index is 0.781. The highest BCUT2D eigenvalue weighted by Gasteiger charge is 2.23. The summed E-state index contributed by atoms with van der Waals surface area (Å²) in [6.07, 6.45) is 6.90. The number of hydrogen-bond donors (Lipinski definition) is 3. The van der Waals surface area contributed by atoms with E-state index in [1.165, 1.54) is 25.7 Å². The Balaban J connectivity index is 3.02. The Morgan fingerprint density at radius 1 is 1.09 bits per heavy atom. The molecule has 0 aromatic carbocycles. The lowest BCUT2D eigenvalue weighted by Crippen LogP contribution is -1.85. The van der Waals surface area contributed by atoms with Crippen molar-refractivity contribution in [1.29, 1.82) is 0 Å². The Labute approximate surface area is 80.7 Å². The molecule has 0 amide bonds. The molecule has 11 heavy (non-hydrogen) atoms. The van der Waals surface area contributed by atoms with E-state index in [9.17, 15) is 4.89 Å². The standard InChI is InChI=1S/C7H18OPS2/c1-2-3-4-5-6-7-9(8,10)11/h8,10-11H,2-7H2,1H3/q+1. The molecular formula is C7H18OPS2+. The van der Waals surface area contributed by atoms with Gasteiger partial charge >= 0.3 is 0 Å². The van der Waals surface area contributed by atoms with Gasteiger partial charge in [-0.1, -0.05) is 26.2 Å². The monoisotopic (exact) mass is 213 g/mol. The molecule has 0 saturated carbocycles. The zero-order valence-corrected chi connectivity index (χ0v) is 9.71. The molecular weight excluding hydrogens is 195 g/mol. The number of thiol groups is 2. The lowest BCUT2D eigenvalue weighted by molar-refractivity contribution is 0.618. The van der Waals surface area contributed by atoms with Gasteiger partial charge in [-0.15, -0.1) is 0 Å². The van der Waals surface area contributed by atoms with Gasteiger partial charge in [0.15, 0.2) is 0 Å². The van der Waals surface area contributed by atoms with Crippen molar-refractivity contribution in [2.24, 2.45) is 0 Å². The first-order chi connectivity index (χ1) is 5.06. The zero-order chi connectivity index (χ0) is 8.74. The fourth-order valence-corrected chi connectivity index (χ4v) is 2.42. The predicted octanol–water partition coefficient (Wildman–Crippen LogP) is 3.57. The van der Waals surface area contributed by atoms with E-state index in [1.807, 2.05) is 0 Å². The molecule has 0 aromatic heterocycles. The SMILES string of the molecule is CCCCCCC[P+](O)(S)S. The van der Waals surface area contributed by atoms with Gasteiger partial charge in [-0.3, -0.25) is 0 Å². The molecule has 0 spiro atoms. The third kappa shape index (κ3) is 11.1. The average molecular weight is 213 g/mol. The molecule has 0 atom stereocenters. The molecule has 0 radical (unpaired) electrons.